The number of methoxy groups -OCH3 is 1. The van der Waals surface area contributed by atoms with E-state index in [1.807, 2.05) is 6.92 Å². The topological polar surface area (TPSA) is 82.5 Å². The highest BCUT2D eigenvalue weighted by molar-refractivity contribution is 5.75. The Balaban J connectivity index is 1.74. The van der Waals surface area contributed by atoms with Gasteiger partial charge in [0.05, 0.1) is 20.0 Å². The van der Waals surface area contributed by atoms with Crippen molar-refractivity contribution in [3.05, 3.63) is 52.7 Å². The van der Waals surface area contributed by atoms with E-state index in [4.69, 9.17) is 9.47 Å². The van der Waals surface area contributed by atoms with E-state index in [0.717, 1.165) is 24.3 Å². The molecule has 7 nitrogen and oxygen atoms in total. The van der Waals surface area contributed by atoms with E-state index in [2.05, 4.69) is 10.3 Å². The Morgan fingerprint density at radius 3 is 2.60 bits per heavy atom. The molecule has 134 valence electrons. The van der Waals surface area contributed by atoms with Gasteiger partial charge in [-0.3, -0.25) is 14.2 Å². The second kappa shape index (κ2) is 9.46. The zero-order chi connectivity index (χ0) is 18.1. The molecule has 0 spiro atoms. The molecule has 1 aromatic heterocycles. The average Bonchev–Trinajstić information content (AvgIpc) is 2.62. The minimum Gasteiger partial charge on any atom is -0.497 e. The zero-order valence-electron chi connectivity index (χ0n) is 14.5. The molecule has 0 unspecified atom stereocenters. The van der Waals surface area contributed by atoms with Gasteiger partial charge in [-0.1, -0.05) is 13.3 Å². The lowest BCUT2D eigenvalue weighted by atomic mass is 10.2. The molecular weight excluding hydrogens is 322 g/mol. The van der Waals surface area contributed by atoms with Gasteiger partial charge >= 0.3 is 0 Å². The van der Waals surface area contributed by atoms with E-state index in [1.54, 1.807) is 31.4 Å². The normalized spacial score (nSPS) is 10.3. The lowest BCUT2D eigenvalue weighted by molar-refractivity contribution is -0.121. The van der Waals surface area contributed by atoms with Crippen molar-refractivity contribution in [2.75, 3.05) is 20.3 Å². The van der Waals surface area contributed by atoms with E-state index in [1.165, 1.54) is 17.0 Å². The van der Waals surface area contributed by atoms with E-state index >= 15 is 0 Å². The summed E-state index contributed by atoms with van der Waals surface area (Å²) < 4.78 is 11.9. The van der Waals surface area contributed by atoms with Crippen molar-refractivity contribution in [2.24, 2.45) is 0 Å². The van der Waals surface area contributed by atoms with Gasteiger partial charge in [0.1, 0.15) is 24.7 Å². The molecular formula is C18H23N3O4. The van der Waals surface area contributed by atoms with Gasteiger partial charge in [-0.25, -0.2) is 4.98 Å². The van der Waals surface area contributed by atoms with Gasteiger partial charge in [0, 0.05) is 11.8 Å². The molecule has 0 saturated heterocycles. The highest BCUT2D eigenvalue weighted by Crippen LogP contribution is 2.16. The third kappa shape index (κ3) is 5.95. The lowest BCUT2D eigenvalue weighted by Gasteiger charge is -2.09. The number of hydrogen-bond acceptors (Lipinski definition) is 5. The maximum Gasteiger partial charge on any atom is 0.253 e. The van der Waals surface area contributed by atoms with Crippen LogP contribution in [0.1, 0.15) is 19.0 Å². The van der Waals surface area contributed by atoms with Crippen molar-refractivity contribution in [1.82, 2.24) is 14.9 Å². The number of carbonyl (C=O) groups excluding carboxylic acids is 1. The maximum atomic E-state index is 11.9. The molecule has 0 radical (unpaired) electrons. The fourth-order valence-electron chi connectivity index (χ4n) is 2.22. The molecule has 0 bridgehead atoms. The van der Waals surface area contributed by atoms with E-state index in [-0.39, 0.29) is 18.0 Å². The van der Waals surface area contributed by atoms with Crippen molar-refractivity contribution in [1.29, 1.82) is 0 Å². The Bertz CT molecular complexity index is 741. The summed E-state index contributed by atoms with van der Waals surface area (Å²) in [6, 6.07) is 8.67. The molecule has 1 N–H and O–H groups in total. The summed E-state index contributed by atoms with van der Waals surface area (Å²) in [4.78, 5) is 28.0. The molecule has 0 aliphatic heterocycles. The van der Waals surface area contributed by atoms with Crippen LogP contribution in [0.5, 0.6) is 11.5 Å². The molecule has 25 heavy (non-hydrogen) atoms. The van der Waals surface area contributed by atoms with Gasteiger partial charge < -0.3 is 14.8 Å². The highest BCUT2D eigenvalue weighted by Gasteiger charge is 2.05. The molecule has 1 aromatic carbocycles. The van der Waals surface area contributed by atoms with Crippen molar-refractivity contribution in [3.63, 3.8) is 0 Å². The molecule has 7 heteroatoms. The molecule has 0 aliphatic rings. The van der Waals surface area contributed by atoms with E-state index in [9.17, 15) is 9.59 Å². The Hall–Kier alpha value is -2.83. The predicted molar refractivity (Wildman–Crippen MR) is 94.0 cm³/mol. The minimum atomic E-state index is -0.259. The fraction of sp³-hybridized carbons (Fsp3) is 0.389. The van der Waals surface area contributed by atoms with Crippen LogP contribution in [0.2, 0.25) is 0 Å². The molecule has 0 atom stereocenters. The van der Waals surface area contributed by atoms with Gasteiger partial charge in [0.25, 0.3) is 5.56 Å². The first-order chi connectivity index (χ1) is 12.1. The molecule has 1 heterocycles. The summed E-state index contributed by atoms with van der Waals surface area (Å²) >= 11 is 0. The van der Waals surface area contributed by atoms with E-state index in [0.29, 0.717) is 18.9 Å². The molecule has 2 aromatic rings. The number of ether oxygens (including phenoxy) is 2. The summed E-state index contributed by atoms with van der Waals surface area (Å²) in [6.07, 6.45) is 3.09. The minimum absolute atomic E-state index is 0.0548. The van der Waals surface area contributed by atoms with Crippen LogP contribution in [-0.4, -0.2) is 35.7 Å². The molecule has 2 rings (SSSR count). The lowest BCUT2D eigenvalue weighted by Crippen LogP contribution is -2.34. The number of nitrogens with zero attached hydrogens (tertiary/aromatic N) is 2. The van der Waals surface area contributed by atoms with Crippen molar-refractivity contribution in [2.45, 2.75) is 26.3 Å². The second-order valence-electron chi connectivity index (χ2n) is 5.47. The molecule has 1 amide bonds. The van der Waals surface area contributed by atoms with Crippen LogP contribution in [0.3, 0.4) is 0 Å². The zero-order valence-corrected chi connectivity index (χ0v) is 14.5. The van der Waals surface area contributed by atoms with Gasteiger partial charge in [-0.15, -0.1) is 0 Å². The first-order valence-corrected chi connectivity index (χ1v) is 8.21. The summed E-state index contributed by atoms with van der Waals surface area (Å²) in [5.41, 5.74) is 0.528. The maximum absolute atomic E-state index is 11.9. The van der Waals surface area contributed by atoms with E-state index < -0.39 is 0 Å². The van der Waals surface area contributed by atoms with Crippen LogP contribution in [0.25, 0.3) is 0 Å². The SMILES string of the molecule is CCCc1cc(=O)n(CC(=O)NCCOc2ccc(OC)cc2)cn1. The van der Waals surface area contributed by atoms with Crippen LogP contribution < -0.4 is 20.3 Å². The van der Waals surface area contributed by atoms with Crippen molar-refractivity contribution >= 4 is 5.91 Å². The van der Waals surface area contributed by atoms with Gasteiger partial charge in [0.2, 0.25) is 5.91 Å². The third-order valence-electron chi connectivity index (χ3n) is 3.51. The summed E-state index contributed by atoms with van der Waals surface area (Å²) in [7, 11) is 1.60. The largest absolute Gasteiger partial charge is 0.497 e. The highest BCUT2D eigenvalue weighted by atomic mass is 16.5. The monoisotopic (exact) mass is 345 g/mol. The third-order valence-corrected chi connectivity index (χ3v) is 3.51. The first-order valence-electron chi connectivity index (χ1n) is 8.21. The van der Waals surface area contributed by atoms with Gasteiger partial charge in [0.15, 0.2) is 0 Å². The number of amides is 1. The van der Waals surface area contributed by atoms with Crippen LogP contribution in [-0.2, 0) is 17.8 Å². The molecule has 0 aliphatic carbocycles. The molecule has 0 fully saturated rings. The number of carbonyl (C=O) groups is 1. The predicted octanol–water partition coefficient (Wildman–Crippen LogP) is 1.40. The van der Waals surface area contributed by atoms with Crippen LogP contribution in [0.4, 0.5) is 0 Å². The molecule has 0 saturated carbocycles. The Labute approximate surface area is 146 Å². The Morgan fingerprint density at radius 1 is 1.24 bits per heavy atom. The quantitative estimate of drug-likeness (QED) is 0.695. The first kappa shape index (κ1) is 18.5. The van der Waals surface area contributed by atoms with Crippen LogP contribution in [0, 0.1) is 0 Å². The Morgan fingerprint density at radius 2 is 1.96 bits per heavy atom. The van der Waals surface area contributed by atoms with Gasteiger partial charge in [-0.05, 0) is 30.7 Å². The summed E-state index contributed by atoms with van der Waals surface area (Å²) in [5.74, 6) is 1.19. The van der Waals surface area contributed by atoms with Crippen molar-refractivity contribution < 1.29 is 14.3 Å². The summed E-state index contributed by atoms with van der Waals surface area (Å²) in [6.45, 7) is 2.65. The standard InChI is InChI=1S/C18H23N3O4/c1-3-4-14-11-18(23)21(13-20-14)12-17(22)19-9-10-25-16-7-5-15(24-2)6-8-16/h5-8,11,13H,3-4,9-10,12H2,1-2H3,(H,19,22). The van der Waals surface area contributed by atoms with Crippen LogP contribution >= 0.6 is 0 Å². The smallest absolute Gasteiger partial charge is 0.253 e. The van der Waals surface area contributed by atoms with Crippen molar-refractivity contribution in [3.8, 4) is 11.5 Å². The average molecular weight is 345 g/mol. The van der Waals surface area contributed by atoms with Gasteiger partial charge in [-0.2, -0.15) is 0 Å². The number of aryl methyl sites for hydroxylation is 1. The second-order valence-corrected chi connectivity index (χ2v) is 5.47. The number of nitrogens with one attached hydrogen (secondary N) is 1. The summed E-state index contributed by atoms with van der Waals surface area (Å²) in [5, 5.41) is 2.71. The fourth-order valence-corrected chi connectivity index (χ4v) is 2.22. The number of rotatable bonds is 9. The number of aromatic nitrogens is 2. The van der Waals surface area contributed by atoms with Crippen LogP contribution in [0.15, 0.2) is 41.5 Å². The number of benzene rings is 1. The Kier molecular flexibility index (Phi) is 7.00. The number of hydrogen-bond donors (Lipinski definition) is 1.